The van der Waals surface area contributed by atoms with E-state index in [2.05, 4.69) is 9.88 Å². The number of carboxylic acids is 1. The first-order valence-electron chi connectivity index (χ1n) is 12.1. The fraction of sp³-hybridized carbons (Fsp3) is 0.640. The molecule has 0 atom stereocenters. The maximum atomic E-state index is 13.4. The molecule has 1 saturated heterocycles. The summed E-state index contributed by atoms with van der Waals surface area (Å²) in [5.74, 6) is -0.831. The number of para-hydroxylation sites is 2. The van der Waals surface area contributed by atoms with E-state index in [-0.39, 0.29) is 18.0 Å². The number of benzene rings is 1. The van der Waals surface area contributed by atoms with Crippen molar-refractivity contribution in [2.45, 2.75) is 89.1 Å². The van der Waals surface area contributed by atoms with Gasteiger partial charge in [0.2, 0.25) is 0 Å². The molecule has 0 spiro atoms. The molecule has 1 aromatic heterocycles. The first-order valence-corrected chi connectivity index (χ1v) is 12.1. The van der Waals surface area contributed by atoms with Crippen LogP contribution in [-0.2, 0) is 11.2 Å². The van der Waals surface area contributed by atoms with Crippen LogP contribution in [0.25, 0.3) is 11.0 Å². The number of aryl methyl sites for hydroxylation is 1. The second kappa shape index (κ2) is 10.4. The average molecular weight is 426 g/mol. The summed E-state index contributed by atoms with van der Waals surface area (Å²) in [7, 11) is 0. The van der Waals surface area contributed by atoms with E-state index < -0.39 is 5.97 Å². The highest BCUT2D eigenvalue weighted by molar-refractivity contribution is 5.74. The molecule has 6 nitrogen and oxygen atoms in total. The van der Waals surface area contributed by atoms with Crippen molar-refractivity contribution in [2.75, 3.05) is 13.1 Å². The van der Waals surface area contributed by atoms with E-state index in [9.17, 15) is 9.59 Å². The average Bonchev–Trinajstić information content (AvgIpc) is 2.74. The normalized spacial score (nSPS) is 19.9. The van der Waals surface area contributed by atoms with Crippen molar-refractivity contribution in [3.63, 3.8) is 0 Å². The fourth-order valence-corrected chi connectivity index (χ4v) is 5.45. The smallest absolute Gasteiger partial charge is 0.303 e. The van der Waals surface area contributed by atoms with E-state index in [1.807, 2.05) is 28.8 Å². The SMILES string of the molecule is O=C(O)CCCc1nc2ccccc2n(C2CCN(C3CCCCCCC3)CC2)c1=O. The fourth-order valence-electron chi connectivity index (χ4n) is 5.45. The van der Waals surface area contributed by atoms with Gasteiger partial charge in [-0.15, -0.1) is 0 Å². The summed E-state index contributed by atoms with van der Waals surface area (Å²) in [4.78, 5) is 31.5. The monoisotopic (exact) mass is 425 g/mol. The predicted octanol–water partition coefficient (Wildman–Crippen LogP) is 4.55. The predicted molar refractivity (Wildman–Crippen MR) is 123 cm³/mol. The molecule has 1 saturated carbocycles. The number of likely N-dealkylation sites (tertiary alicyclic amines) is 1. The molecule has 2 heterocycles. The quantitative estimate of drug-likeness (QED) is 0.735. The molecule has 6 heteroatoms. The number of fused-ring (bicyclic) bond motifs is 1. The number of rotatable bonds is 6. The van der Waals surface area contributed by atoms with E-state index in [1.165, 1.54) is 44.9 Å². The van der Waals surface area contributed by atoms with Gasteiger partial charge < -0.3 is 14.6 Å². The topological polar surface area (TPSA) is 75.4 Å². The maximum absolute atomic E-state index is 13.4. The Labute approximate surface area is 184 Å². The highest BCUT2D eigenvalue weighted by atomic mass is 16.4. The third-order valence-electron chi connectivity index (χ3n) is 7.12. The number of aliphatic carboxylic acids is 1. The Hall–Kier alpha value is -2.21. The molecular weight excluding hydrogens is 390 g/mol. The molecule has 0 unspecified atom stereocenters. The van der Waals surface area contributed by atoms with Gasteiger partial charge in [0, 0.05) is 31.6 Å². The van der Waals surface area contributed by atoms with Crippen molar-refractivity contribution in [1.82, 2.24) is 14.5 Å². The first-order chi connectivity index (χ1) is 15.1. The Kier molecular flexibility index (Phi) is 7.38. The zero-order valence-electron chi connectivity index (χ0n) is 18.5. The van der Waals surface area contributed by atoms with E-state index in [1.54, 1.807) is 0 Å². The van der Waals surface area contributed by atoms with Gasteiger partial charge in [-0.2, -0.15) is 0 Å². The molecule has 2 fully saturated rings. The lowest BCUT2D eigenvalue weighted by Crippen LogP contribution is -2.43. The van der Waals surface area contributed by atoms with Crippen LogP contribution in [0.3, 0.4) is 0 Å². The number of aromatic nitrogens is 2. The molecule has 0 amide bonds. The van der Waals surface area contributed by atoms with Crippen LogP contribution in [0, 0.1) is 0 Å². The Bertz CT molecular complexity index is 939. The Morgan fingerprint density at radius 1 is 0.968 bits per heavy atom. The van der Waals surface area contributed by atoms with Gasteiger partial charge in [0.25, 0.3) is 5.56 Å². The molecule has 31 heavy (non-hydrogen) atoms. The van der Waals surface area contributed by atoms with E-state index >= 15 is 0 Å². The molecule has 0 radical (unpaired) electrons. The summed E-state index contributed by atoms with van der Waals surface area (Å²) in [6, 6.07) is 8.75. The lowest BCUT2D eigenvalue weighted by Gasteiger charge is -2.39. The Balaban J connectivity index is 1.52. The summed E-state index contributed by atoms with van der Waals surface area (Å²) >= 11 is 0. The molecule has 1 aliphatic carbocycles. The maximum Gasteiger partial charge on any atom is 0.303 e. The third-order valence-corrected chi connectivity index (χ3v) is 7.12. The molecule has 1 aromatic carbocycles. The number of carbonyl (C=O) groups is 1. The minimum atomic E-state index is -0.831. The Morgan fingerprint density at radius 2 is 1.65 bits per heavy atom. The number of nitrogens with zero attached hydrogens (tertiary/aromatic N) is 3. The highest BCUT2D eigenvalue weighted by Gasteiger charge is 2.28. The van der Waals surface area contributed by atoms with Crippen LogP contribution in [-0.4, -0.2) is 44.7 Å². The zero-order chi connectivity index (χ0) is 21.6. The standard InChI is InChI=1S/C25H35N3O3/c29-24(30)14-8-12-22-25(31)28(23-13-7-6-11-21(23)26-22)20-15-17-27(18-16-20)19-9-4-2-1-3-5-10-19/h6-7,11,13,19-20H,1-5,8-10,12,14-18H2,(H,29,30). The van der Waals surface area contributed by atoms with E-state index in [4.69, 9.17) is 5.11 Å². The summed E-state index contributed by atoms with van der Waals surface area (Å²) < 4.78 is 1.97. The van der Waals surface area contributed by atoms with Crippen molar-refractivity contribution in [3.8, 4) is 0 Å². The highest BCUT2D eigenvalue weighted by Crippen LogP contribution is 2.29. The second-order valence-corrected chi connectivity index (χ2v) is 9.24. The van der Waals surface area contributed by atoms with Crippen LogP contribution in [0.5, 0.6) is 0 Å². The minimum Gasteiger partial charge on any atom is -0.481 e. The van der Waals surface area contributed by atoms with Gasteiger partial charge in [-0.05, 0) is 50.7 Å². The molecule has 1 aliphatic heterocycles. The summed E-state index contributed by atoms with van der Waals surface area (Å²) in [6.45, 7) is 2.10. The van der Waals surface area contributed by atoms with Crippen LogP contribution < -0.4 is 5.56 Å². The van der Waals surface area contributed by atoms with Gasteiger partial charge in [0.15, 0.2) is 0 Å². The molecule has 168 valence electrons. The summed E-state index contributed by atoms with van der Waals surface area (Å²) in [5, 5.41) is 8.95. The molecule has 2 aromatic rings. The second-order valence-electron chi connectivity index (χ2n) is 9.24. The van der Waals surface area contributed by atoms with Crippen LogP contribution in [0.15, 0.2) is 29.1 Å². The summed E-state index contributed by atoms with van der Waals surface area (Å²) in [5.41, 5.74) is 2.20. The molecule has 4 rings (SSSR count). The van der Waals surface area contributed by atoms with Crippen LogP contribution >= 0.6 is 0 Å². The Morgan fingerprint density at radius 3 is 2.35 bits per heavy atom. The van der Waals surface area contributed by atoms with Gasteiger partial charge in [-0.1, -0.05) is 44.2 Å². The lowest BCUT2D eigenvalue weighted by atomic mass is 9.93. The van der Waals surface area contributed by atoms with Crippen molar-refractivity contribution in [3.05, 3.63) is 40.3 Å². The minimum absolute atomic E-state index is 0.0338. The first kappa shape index (κ1) is 22.0. The van der Waals surface area contributed by atoms with Gasteiger partial charge in [-0.3, -0.25) is 9.59 Å². The van der Waals surface area contributed by atoms with Crippen molar-refractivity contribution >= 4 is 17.0 Å². The van der Waals surface area contributed by atoms with Crippen molar-refractivity contribution < 1.29 is 9.90 Å². The molecule has 2 aliphatic rings. The number of hydrogen-bond acceptors (Lipinski definition) is 4. The zero-order valence-corrected chi connectivity index (χ0v) is 18.5. The van der Waals surface area contributed by atoms with Gasteiger partial charge >= 0.3 is 5.97 Å². The van der Waals surface area contributed by atoms with Gasteiger partial charge in [0.1, 0.15) is 5.69 Å². The van der Waals surface area contributed by atoms with Gasteiger partial charge in [0.05, 0.1) is 11.0 Å². The van der Waals surface area contributed by atoms with E-state index in [0.717, 1.165) is 37.0 Å². The third kappa shape index (κ3) is 5.35. The lowest BCUT2D eigenvalue weighted by molar-refractivity contribution is -0.137. The van der Waals surface area contributed by atoms with Crippen LogP contribution in [0.4, 0.5) is 0 Å². The number of carboxylic acid groups (broad SMARTS) is 1. The van der Waals surface area contributed by atoms with Crippen molar-refractivity contribution in [1.29, 1.82) is 0 Å². The van der Waals surface area contributed by atoms with Gasteiger partial charge in [-0.25, -0.2) is 4.98 Å². The number of piperidine rings is 1. The molecule has 1 N–H and O–H groups in total. The van der Waals surface area contributed by atoms with Crippen LogP contribution in [0.1, 0.15) is 82.4 Å². The molecule has 0 bridgehead atoms. The van der Waals surface area contributed by atoms with Crippen LogP contribution in [0.2, 0.25) is 0 Å². The number of hydrogen-bond donors (Lipinski definition) is 1. The summed E-state index contributed by atoms with van der Waals surface area (Å²) in [6.07, 6.45) is 12.3. The largest absolute Gasteiger partial charge is 0.481 e. The molecular formula is C25H35N3O3. The van der Waals surface area contributed by atoms with E-state index in [0.29, 0.717) is 24.6 Å². The van der Waals surface area contributed by atoms with Crippen molar-refractivity contribution in [2.24, 2.45) is 0 Å².